The average Bonchev–Trinajstić information content (AvgIpc) is 2.29. The summed E-state index contributed by atoms with van der Waals surface area (Å²) < 4.78 is 18.3. The molecule has 17 heavy (non-hydrogen) atoms. The van der Waals surface area contributed by atoms with E-state index in [4.69, 9.17) is 4.74 Å². The number of piperidine rings is 1. The lowest BCUT2D eigenvalue weighted by atomic mass is 10.1. The fourth-order valence-corrected chi connectivity index (χ4v) is 2.05. The number of halogens is 1. The second-order valence-electron chi connectivity index (χ2n) is 4.44. The predicted octanol–water partition coefficient (Wildman–Crippen LogP) is 2.08. The van der Waals surface area contributed by atoms with E-state index in [2.05, 4.69) is 4.90 Å². The Balaban J connectivity index is 1.97. The summed E-state index contributed by atoms with van der Waals surface area (Å²) in [6.45, 7) is 1.79. The van der Waals surface area contributed by atoms with E-state index in [1.807, 2.05) is 7.05 Å². The summed E-state index contributed by atoms with van der Waals surface area (Å²) in [4.78, 5) is 13.9. The van der Waals surface area contributed by atoms with Gasteiger partial charge in [-0.2, -0.15) is 0 Å². The highest BCUT2D eigenvalue weighted by molar-refractivity contribution is 5.89. The van der Waals surface area contributed by atoms with Crippen LogP contribution >= 0.6 is 0 Å². The number of likely N-dealkylation sites (tertiary alicyclic amines) is 1. The van der Waals surface area contributed by atoms with Gasteiger partial charge in [0.1, 0.15) is 11.9 Å². The zero-order valence-electron chi connectivity index (χ0n) is 9.86. The third kappa shape index (κ3) is 3.27. The number of benzene rings is 1. The molecule has 2 rings (SSSR count). The third-order valence-electron chi connectivity index (χ3n) is 2.92. The molecule has 0 bridgehead atoms. The Hall–Kier alpha value is -1.42. The largest absolute Gasteiger partial charge is 0.457 e. The van der Waals surface area contributed by atoms with E-state index in [9.17, 15) is 9.18 Å². The lowest BCUT2D eigenvalue weighted by molar-refractivity contribution is 0.0108. The van der Waals surface area contributed by atoms with Crippen molar-refractivity contribution in [3.05, 3.63) is 35.6 Å². The van der Waals surface area contributed by atoms with Crippen molar-refractivity contribution in [2.24, 2.45) is 0 Å². The summed E-state index contributed by atoms with van der Waals surface area (Å²) in [5.74, 6) is -0.856. The zero-order chi connectivity index (χ0) is 12.3. The number of carbonyl (C=O) groups excluding carboxylic acids is 1. The van der Waals surface area contributed by atoms with Gasteiger partial charge in [-0.3, -0.25) is 0 Å². The average molecular weight is 237 g/mol. The summed E-state index contributed by atoms with van der Waals surface area (Å²) in [5, 5.41) is 0. The van der Waals surface area contributed by atoms with Crippen LogP contribution in [-0.4, -0.2) is 37.1 Å². The molecule has 1 aliphatic rings. The van der Waals surface area contributed by atoms with Crippen LogP contribution in [0.15, 0.2) is 24.3 Å². The van der Waals surface area contributed by atoms with E-state index in [0.29, 0.717) is 0 Å². The van der Waals surface area contributed by atoms with Gasteiger partial charge in [0.15, 0.2) is 0 Å². The first-order valence-electron chi connectivity index (χ1n) is 5.80. The van der Waals surface area contributed by atoms with Crippen LogP contribution in [0, 0.1) is 5.82 Å². The Kier molecular flexibility index (Phi) is 3.74. The summed E-state index contributed by atoms with van der Waals surface area (Å²) >= 11 is 0. The van der Waals surface area contributed by atoms with Crippen LogP contribution in [0.2, 0.25) is 0 Å². The van der Waals surface area contributed by atoms with Crippen LogP contribution in [0.3, 0.4) is 0 Å². The van der Waals surface area contributed by atoms with Gasteiger partial charge in [-0.25, -0.2) is 9.18 Å². The van der Waals surface area contributed by atoms with Crippen molar-refractivity contribution in [1.82, 2.24) is 4.90 Å². The lowest BCUT2D eigenvalue weighted by Crippen LogP contribution is -2.38. The number of nitrogens with zero attached hydrogens (tertiary/aromatic N) is 1. The molecule has 1 saturated heterocycles. The number of rotatable bonds is 2. The van der Waals surface area contributed by atoms with Gasteiger partial charge in [0.05, 0.1) is 5.56 Å². The van der Waals surface area contributed by atoms with Gasteiger partial charge in [-0.05, 0) is 44.6 Å². The van der Waals surface area contributed by atoms with Crippen LogP contribution in [0.1, 0.15) is 23.2 Å². The minimum atomic E-state index is -0.440. The summed E-state index contributed by atoms with van der Waals surface area (Å²) in [7, 11) is 2.00. The molecule has 0 saturated carbocycles. The molecular formula is C13H16FNO2. The van der Waals surface area contributed by atoms with E-state index < -0.39 is 11.8 Å². The summed E-state index contributed by atoms with van der Waals surface area (Å²) in [6.07, 6.45) is 1.83. The Morgan fingerprint density at radius 3 is 3.06 bits per heavy atom. The number of ether oxygens (including phenoxy) is 1. The minimum Gasteiger partial charge on any atom is -0.457 e. The Morgan fingerprint density at radius 1 is 1.53 bits per heavy atom. The molecule has 4 heteroatoms. The van der Waals surface area contributed by atoms with Gasteiger partial charge in [-0.1, -0.05) is 6.07 Å². The second kappa shape index (κ2) is 5.27. The molecule has 0 aromatic heterocycles. The molecule has 1 aromatic rings. The molecular weight excluding hydrogens is 221 g/mol. The molecule has 0 N–H and O–H groups in total. The smallest absolute Gasteiger partial charge is 0.338 e. The van der Waals surface area contributed by atoms with Crippen LogP contribution < -0.4 is 0 Å². The van der Waals surface area contributed by atoms with Crippen molar-refractivity contribution >= 4 is 5.97 Å². The van der Waals surface area contributed by atoms with Crippen molar-refractivity contribution in [2.45, 2.75) is 18.9 Å². The molecule has 92 valence electrons. The highest BCUT2D eigenvalue weighted by Crippen LogP contribution is 2.14. The van der Waals surface area contributed by atoms with Gasteiger partial charge in [0.25, 0.3) is 0 Å². The minimum absolute atomic E-state index is 0.0792. The zero-order valence-corrected chi connectivity index (χ0v) is 9.86. The Labute approximate surface area is 100 Å². The molecule has 0 spiro atoms. The van der Waals surface area contributed by atoms with E-state index >= 15 is 0 Å². The van der Waals surface area contributed by atoms with E-state index in [1.54, 1.807) is 6.07 Å². The molecule has 0 aliphatic carbocycles. The van der Waals surface area contributed by atoms with Crippen molar-refractivity contribution < 1.29 is 13.9 Å². The Morgan fingerprint density at radius 2 is 2.35 bits per heavy atom. The molecule has 1 heterocycles. The second-order valence-corrected chi connectivity index (χ2v) is 4.44. The summed E-state index contributed by atoms with van der Waals surface area (Å²) in [5.41, 5.74) is 0.276. The van der Waals surface area contributed by atoms with E-state index in [1.165, 1.54) is 18.2 Å². The molecule has 0 radical (unpaired) electrons. The van der Waals surface area contributed by atoms with E-state index in [-0.39, 0.29) is 11.7 Å². The molecule has 1 fully saturated rings. The maximum absolute atomic E-state index is 13.0. The SMILES string of the molecule is CN1CCC[C@@H](OC(=O)c2cccc(F)c2)C1. The number of hydrogen-bond acceptors (Lipinski definition) is 3. The maximum atomic E-state index is 13.0. The van der Waals surface area contributed by atoms with E-state index in [0.717, 1.165) is 25.9 Å². The molecule has 0 amide bonds. The quantitative estimate of drug-likeness (QED) is 0.737. The van der Waals surface area contributed by atoms with Gasteiger partial charge >= 0.3 is 5.97 Å². The van der Waals surface area contributed by atoms with Gasteiger partial charge < -0.3 is 9.64 Å². The van der Waals surface area contributed by atoms with Crippen molar-refractivity contribution in [3.8, 4) is 0 Å². The monoisotopic (exact) mass is 237 g/mol. The topological polar surface area (TPSA) is 29.5 Å². The van der Waals surface area contributed by atoms with Crippen molar-refractivity contribution in [3.63, 3.8) is 0 Å². The maximum Gasteiger partial charge on any atom is 0.338 e. The Bertz CT molecular complexity index is 408. The highest BCUT2D eigenvalue weighted by Gasteiger charge is 2.21. The number of esters is 1. The number of carbonyl (C=O) groups is 1. The van der Waals surface area contributed by atoms with Crippen LogP contribution in [0.25, 0.3) is 0 Å². The van der Waals surface area contributed by atoms with Crippen LogP contribution in [0.4, 0.5) is 4.39 Å². The summed E-state index contributed by atoms with van der Waals surface area (Å²) in [6, 6.07) is 5.59. The standard InChI is InChI=1S/C13H16FNO2/c1-15-7-3-6-12(9-15)17-13(16)10-4-2-5-11(14)8-10/h2,4-5,8,12H,3,6-7,9H2,1H3/t12-/m1/s1. The first-order chi connectivity index (χ1) is 8.15. The van der Waals surface area contributed by atoms with Gasteiger partial charge in [-0.15, -0.1) is 0 Å². The van der Waals surface area contributed by atoms with Gasteiger partial charge in [0.2, 0.25) is 0 Å². The number of likely N-dealkylation sites (N-methyl/N-ethyl adjacent to an activating group) is 1. The van der Waals surface area contributed by atoms with Crippen molar-refractivity contribution in [2.75, 3.05) is 20.1 Å². The first-order valence-corrected chi connectivity index (χ1v) is 5.80. The van der Waals surface area contributed by atoms with Gasteiger partial charge in [0, 0.05) is 6.54 Å². The molecule has 1 atom stereocenters. The van der Waals surface area contributed by atoms with Crippen LogP contribution in [-0.2, 0) is 4.74 Å². The molecule has 1 aliphatic heterocycles. The fourth-order valence-electron chi connectivity index (χ4n) is 2.05. The van der Waals surface area contributed by atoms with Crippen molar-refractivity contribution in [1.29, 1.82) is 0 Å². The number of hydrogen-bond donors (Lipinski definition) is 0. The first kappa shape index (κ1) is 12.0. The van der Waals surface area contributed by atoms with Crippen LogP contribution in [0.5, 0.6) is 0 Å². The highest BCUT2D eigenvalue weighted by atomic mass is 19.1. The lowest BCUT2D eigenvalue weighted by Gasteiger charge is -2.29. The molecule has 3 nitrogen and oxygen atoms in total. The normalized spacial score (nSPS) is 21.2. The molecule has 1 aromatic carbocycles. The predicted molar refractivity (Wildman–Crippen MR) is 62.3 cm³/mol. The fraction of sp³-hybridized carbons (Fsp3) is 0.462. The third-order valence-corrected chi connectivity index (χ3v) is 2.92. The molecule has 0 unspecified atom stereocenters.